The highest BCUT2D eigenvalue weighted by Crippen LogP contribution is 2.21. The van der Waals surface area contributed by atoms with Crippen LogP contribution in [0.3, 0.4) is 0 Å². The maximum Gasteiger partial charge on any atom is 0.322 e. The van der Waals surface area contributed by atoms with Crippen LogP contribution < -0.4 is 4.72 Å². The van der Waals surface area contributed by atoms with Crippen molar-refractivity contribution in [3.05, 3.63) is 36.5 Å². The van der Waals surface area contributed by atoms with Gasteiger partial charge in [0, 0.05) is 11.6 Å². The van der Waals surface area contributed by atoms with Gasteiger partial charge in [0.05, 0.1) is 5.52 Å². The highest BCUT2D eigenvalue weighted by Gasteiger charge is 2.30. The van der Waals surface area contributed by atoms with Crippen molar-refractivity contribution in [2.24, 2.45) is 5.92 Å². The summed E-state index contributed by atoms with van der Waals surface area (Å²) in [7, 11) is -3.98. The third-order valence-electron chi connectivity index (χ3n) is 3.65. The van der Waals surface area contributed by atoms with Crippen molar-refractivity contribution in [1.82, 2.24) is 9.71 Å². The summed E-state index contributed by atoms with van der Waals surface area (Å²) in [5.74, 6) is -1.51. The first-order valence-corrected chi connectivity index (χ1v) is 8.44. The highest BCUT2D eigenvalue weighted by molar-refractivity contribution is 7.89. The number of pyridine rings is 1. The molecule has 0 saturated carbocycles. The molecule has 6 nitrogen and oxygen atoms in total. The van der Waals surface area contributed by atoms with E-state index in [4.69, 9.17) is 0 Å². The fraction of sp³-hybridized carbons (Fsp3) is 0.333. The number of hydrogen-bond acceptors (Lipinski definition) is 4. The molecule has 22 heavy (non-hydrogen) atoms. The Balaban J connectivity index is 2.47. The number of para-hydroxylation sites is 1. The number of aliphatic carboxylic acids is 1. The quantitative estimate of drug-likeness (QED) is 0.848. The van der Waals surface area contributed by atoms with E-state index in [9.17, 15) is 18.3 Å². The average Bonchev–Trinajstić information content (AvgIpc) is 2.51. The van der Waals surface area contributed by atoms with Crippen molar-refractivity contribution in [1.29, 1.82) is 0 Å². The van der Waals surface area contributed by atoms with Gasteiger partial charge >= 0.3 is 5.97 Å². The standard InChI is InChI=1S/C15H18N2O4S/c1-3-10(2)13(15(18)19)17-22(20,21)12-8-4-6-11-7-5-9-16-14(11)12/h4-10,13,17H,3H2,1-2H3,(H,18,19)/t10?,13-/m0/s1. The Morgan fingerprint density at radius 2 is 2.00 bits per heavy atom. The Morgan fingerprint density at radius 3 is 2.64 bits per heavy atom. The predicted octanol–water partition coefficient (Wildman–Crippen LogP) is 2.01. The van der Waals surface area contributed by atoms with Crippen LogP contribution in [0.1, 0.15) is 20.3 Å². The Labute approximate surface area is 129 Å². The fourth-order valence-corrected chi connectivity index (χ4v) is 3.65. The molecular weight excluding hydrogens is 304 g/mol. The van der Waals surface area contributed by atoms with Gasteiger partial charge < -0.3 is 5.11 Å². The molecule has 1 aromatic heterocycles. The number of carboxylic acid groups (broad SMARTS) is 1. The zero-order valence-corrected chi connectivity index (χ0v) is 13.2. The minimum Gasteiger partial charge on any atom is -0.480 e. The largest absolute Gasteiger partial charge is 0.480 e. The molecule has 2 rings (SSSR count). The Kier molecular flexibility index (Phi) is 4.77. The second-order valence-corrected chi connectivity index (χ2v) is 6.84. The topological polar surface area (TPSA) is 96.4 Å². The first-order chi connectivity index (χ1) is 10.4. The van der Waals surface area contributed by atoms with Gasteiger partial charge in [-0.3, -0.25) is 9.78 Å². The van der Waals surface area contributed by atoms with E-state index in [1.54, 1.807) is 31.2 Å². The second kappa shape index (κ2) is 6.41. The number of hydrogen-bond donors (Lipinski definition) is 2. The summed E-state index contributed by atoms with van der Waals surface area (Å²) >= 11 is 0. The van der Waals surface area contributed by atoms with Gasteiger partial charge in [0.15, 0.2) is 0 Å². The first-order valence-electron chi connectivity index (χ1n) is 6.95. The van der Waals surface area contributed by atoms with E-state index in [-0.39, 0.29) is 10.8 Å². The number of benzene rings is 1. The molecule has 0 saturated heterocycles. The number of carboxylic acids is 1. The van der Waals surface area contributed by atoms with E-state index in [0.717, 1.165) is 0 Å². The van der Waals surface area contributed by atoms with E-state index >= 15 is 0 Å². The van der Waals surface area contributed by atoms with Gasteiger partial charge in [-0.1, -0.05) is 38.5 Å². The van der Waals surface area contributed by atoms with E-state index < -0.39 is 22.0 Å². The van der Waals surface area contributed by atoms with Crippen molar-refractivity contribution in [2.45, 2.75) is 31.2 Å². The summed E-state index contributed by atoms with van der Waals surface area (Å²) in [6.07, 6.45) is 2.05. The maximum absolute atomic E-state index is 12.6. The minimum absolute atomic E-state index is 0.0137. The van der Waals surface area contributed by atoms with Crippen LogP contribution in [0.4, 0.5) is 0 Å². The Bertz CT molecular complexity index is 784. The Morgan fingerprint density at radius 1 is 1.32 bits per heavy atom. The van der Waals surface area contributed by atoms with Gasteiger partial charge in [-0.2, -0.15) is 4.72 Å². The molecular formula is C15H18N2O4S. The number of nitrogens with one attached hydrogen (secondary N) is 1. The van der Waals surface area contributed by atoms with E-state index in [1.165, 1.54) is 12.3 Å². The van der Waals surface area contributed by atoms with E-state index in [0.29, 0.717) is 17.3 Å². The number of fused-ring (bicyclic) bond motifs is 1. The summed E-state index contributed by atoms with van der Waals surface area (Å²) in [4.78, 5) is 15.4. The van der Waals surface area contributed by atoms with Crippen LogP contribution in [0, 0.1) is 5.92 Å². The molecule has 1 unspecified atom stereocenters. The molecule has 0 fully saturated rings. The zero-order valence-electron chi connectivity index (χ0n) is 12.4. The van der Waals surface area contributed by atoms with Crippen LogP contribution in [-0.4, -0.2) is 30.5 Å². The maximum atomic E-state index is 12.6. The number of aromatic nitrogens is 1. The van der Waals surface area contributed by atoms with Gasteiger partial charge in [0.2, 0.25) is 10.0 Å². The fourth-order valence-electron chi connectivity index (χ4n) is 2.17. The molecule has 0 aliphatic heterocycles. The molecule has 0 aliphatic carbocycles. The molecule has 118 valence electrons. The minimum atomic E-state index is -3.98. The van der Waals surface area contributed by atoms with Crippen molar-refractivity contribution < 1.29 is 18.3 Å². The van der Waals surface area contributed by atoms with Crippen LogP contribution >= 0.6 is 0 Å². The first kappa shape index (κ1) is 16.4. The second-order valence-electron chi connectivity index (χ2n) is 5.15. The van der Waals surface area contributed by atoms with Crippen molar-refractivity contribution in [2.75, 3.05) is 0 Å². The van der Waals surface area contributed by atoms with Crippen LogP contribution in [0.5, 0.6) is 0 Å². The smallest absolute Gasteiger partial charge is 0.322 e. The van der Waals surface area contributed by atoms with Gasteiger partial charge in [0.1, 0.15) is 10.9 Å². The molecule has 0 radical (unpaired) electrons. The number of sulfonamides is 1. The van der Waals surface area contributed by atoms with Crippen molar-refractivity contribution >= 4 is 26.9 Å². The van der Waals surface area contributed by atoms with Gasteiger partial charge in [-0.25, -0.2) is 8.42 Å². The highest BCUT2D eigenvalue weighted by atomic mass is 32.2. The van der Waals surface area contributed by atoms with Crippen LogP contribution in [-0.2, 0) is 14.8 Å². The number of rotatable bonds is 6. The number of nitrogens with zero attached hydrogens (tertiary/aromatic N) is 1. The molecule has 1 heterocycles. The van der Waals surface area contributed by atoms with Gasteiger partial charge in [-0.15, -0.1) is 0 Å². The molecule has 0 spiro atoms. The SMILES string of the molecule is CCC(C)[C@H](NS(=O)(=O)c1cccc2cccnc12)C(=O)O. The van der Waals surface area contributed by atoms with E-state index in [1.807, 2.05) is 6.92 Å². The molecule has 1 aromatic carbocycles. The molecule has 0 aliphatic rings. The summed E-state index contributed by atoms with van der Waals surface area (Å²) in [5.41, 5.74) is 0.325. The van der Waals surface area contributed by atoms with Crippen molar-refractivity contribution in [3.63, 3.8) is 0 Å². The molecule has 2 aromatic rings. The summed E-state index contributed by atoms with van der Waals surface area (Å²) in [6, 6.07) is 7.08. The summed E-state index contributed by atoms with van der Waals surface area (Å²) < 4.78 is 27.4. The third kappa shape index (κ3) is 3.26. The molecule has 0 amide bonds. The van der Waals surface area contributed by atoms with Crippen molar-refractivity contribution in [3.8, 4) is 0 Å². The monoisotopic (exact) mass is 322 g/mol. The van der Waals surface area contributed by atoms with E-state index in [2.05, 4.69) is 9.71 Å². The molecule has 0 bridgehead atoms. The summed E-state index contributed by atoms with van der Waals surface area (Å²) in [5, 5.41) is 9.94. The third-order valence-corrected chi connectivity index (χ3v) is 5.12. The Hall–Kier alpha value is -1.99. The lowest BCUT2D eigenvalue weighted by atomic mass is 10.0. The zero-order chi connectivity index (χ0) is 16.3. The predicted molar refractivity (Wildman–Crippen MR) is 82.9 cm³/mol. The van der Waals surface area contributed by atoms with Crippen LogP contribution in [0.2, 0.25) is 0 Å². The van der Waals surface area contributed by atoms with Crippen LogP contribution in [0.25, 0.3) is 10.9 Å². The molecule has 7 heteroatoms. The van der Waals surface area contributed by atoms with Crippen LogP contribution in [0.15, 0.2) is 41.4 Å². The number of carbonyl (C=O) groups is 1. The average molecular weight is 322 g/mol. The molecule has 2 N–H and O–H groups in total. The summed E-state index contributed by atoms with van der Waals surface area (Å²) in [6.45, 7) is 3.51. The lowest BCUT2D eigenvalue weighted by Crippen LogP contribution is -2.44. The normalized spacial score (nSPS) is 14.6. The molecule has 2 atom stereocenters. The van der Waals surface area contributed by atoms with Gasteiger partial charge in [-0.05, 0) is 18.1 Å². The van der Waals surface area contributed by atoms with Gasteiger partial charge in [0.25, 0.3) is 0 Å². The lowest BCUT2D eigenvalue weighted by molar-refractivity contribution is -0.140. The lowest BCUT2D eigenvalue weighted by Gasteiger charge is -2.20.